The van der Waals surface area contributed by atoms with E-state index in [1.54, 1.807) is 19.2 Å². The second-order valence-corrected chi connectivity index (χ2v) is 7.94. The van der Waals surface area contributed by atoms with Gasteiger partial charge >= 0.3 is 0 Å². The van der Waals surface area contributed by atoms with Gasteiger partial charge in [0.15, 0.2) is 0 Å². The van der Waals surface area contributed by atoms with Crippen LogP contribution in [0.4, 0.5) is 0 Å². The molecule has 0 radical (unpaired) electrons. The number of nitrogens with one attached hydrogen (secondary N) is 1. The van der Waals surface area contributed by atoms with Gasteiger partial charge in [-0.1, -0.05) is 18.2 Å². The lowest BCUT2D eigenvalue weighted by Gasteiger charge is -2.16. The zero-order chi connectivity index (χ0) is 18.6. The monoisotopic (exact) mass is 362 g/mol. The molecule has 0 heterocycles. The van der Waals surface area contributed by atoms with Crippen LogP contribution in [0.15, 0.2) is 53.4 Å². The minimum atomic E-state index is -3.58. The first kappa shape index (κ1) is 19.0. The fourth-order valence-electron chi connectivity index (χ4n) is 2.26. The van der Waals surface area contributed by atoms with Gasteiger partial charge < -0.3 is 10.1 Å². The number of carbonyl (C=O) groups excluding carboxylic acids is 1. The number of methoxy groups -OCH3 is 1. The van der Waals surface area contributed by atoms with Crippen LogP contribution in [-0.4, -0.2) is 39.8 Å². The Kier molecular flexibility index (Phi) is 5.81. The summed E-state index contributed by atoms with van der Waals surface area (Å²) in [7, 11) is 0.915. The van der Waals surface area contributed by atoms with Crippen LogP contribution in [0.2, 0.25) is 0 Å². The van der Waals surface area contributed by atoms with Gasteiger partial charge in [0.1, 0.15) is 5.75 Å². The van der Waals surface area contributed by atoms with Crippen LogP contribution in [0, 0.1) is 0 Å². The van der Waals surface area contributed by atoms with Gasteiger partial charge in [-0.15, -0.1) is 0 Å². The van der Waals surface area contributed by atoms with E-state index in [1.807, 2.05) is 31.2 Å². The number of hydrogen-bond acceptors (Lipinski definition) is 4. The van der Waals surface area contributed by atoms with Crippen LogP contribution >= 0.6 is 0 Å². The molecule has 0 spiro atoms. The molecule has 0 aliphatic heterocycles. The SMILES string of the molecule is COc1ccc([C@@H](C)NC(=O)c2cccc(S(=O)(=O)N(C)C)c2)cc1. The van der Waals surface area contributed by atoms with Gasteiger partial charge in [-0.3, -0.25) is 4.79 Å². The van der Waals surface area contributed by atoms with Gasteiger partial charge in [0.25, 0.3) is 5.91 Å². The third-order valence-electron chi connectivity index (χ3n) is 3.84. The molecule has 25 heavy (non-hydrogen) atoms. The average molecular weight is 362 g/mol. The van der Waals surface area contributed by atoms with E-state index in [0.29, 0.717) is 5.56 Å². The lowest BCUT2D eigenvalue weighted by molar-refractivity contribution is 0.0939. The van der Waals surface area contributed by atoms with Crippen molar-refractivity contribution in [1.82, 2.24) is 9.62 Å². The van der Waals surface area contributed by atoms with Crippen LogP contribution in [0.25, 0.3) is 0 Å². The molecule has 0 fully saturated rings. The Morgan fingerprint density at radius 3 is 2.32 bits per heavy atom. The Morgan fingerprint density at radius 1 is 1.12 bits per heavy atom. The van der Waals surface area contributed by atoms with Gasteiger partial charge in [0, 0.05) is 19.7 Å². The van der Waals surface area contributed by atoms with Crippen LogP contribution in [0.3, 0.4) is 0 Å². The summed E-state index contributed by atoms with van der Waals surface area (Å²) in [4.78, 5) is 12.5. The number of nitrogens with zero attached hydrogens (tertiary/aromatic N) is 1. The Labute approximate surface area is 148 Å². The quantitative estimate of drug-likeness (QED) is 0.856. The fourth-order valence-corrected chi connectivity index (χ4v) is 3.21. The lowest BCUT2D eigenvalue weighted by atomic mass is 10.1. The molecular weight excluding hydrogens is 340 g/mol. The average Bonchev–Trinajstić information content (AvgIpc) is 2.61. The highest BCUT2D eigenvalue weighted by Gasteiger charge is 2.19. The van der Waals surface area contributed by atoms with Gasteiger partial charge in [-0.2, -0.15) is 0 Å². The zero-order valence-electron chi connectivity index (χ0n) is 14.7. The number of amides is 1. The summed E-state index contributed by atoms with van der Waals surface area (Å²) >= 11 is 0. The second-order valence-electron chi connectivity index (χ2n) is 5.78. The topological polar surface area (TPSA) is 75.7 Å². The molecule has 0 aromatic heterocycles. The van der Waals surface area contributed by atoms with E-state index < -0.39 is 10.0 Å². The first-order chi connectivity index (χ1) is 11.8. The highest BCUT2D eigenvalue weighted by molar-refractivity contribution is 7.89. The molecule has 134 valence electrons. The molecule has 0 unspecified atom stereocenters. The van der Waals surface area contributed by atoms with Crippen molar-refractivity contribution in [3.63, 3.8) is 0 Å². The van der Waals surface area contributed by atoms with Crippen molar-refractivity contribution >= 4 is 15.9 Å². The van der Waals surface area contributed by atoms with Crippen molar-refractivity contribution in [1.29, 1.82) is 0 Å². The fraction of sp³-hybridized carbons (Fsp3) is 0.278. The van der Waals surface area contributed by atoms with E-state index in [1.165, 1.54) is 26.2 Å². The zero-order valence-corrected chi connectivity index (χ0v) is 15.5. The highest BCUT2D eigenvalue weighted by Crippen LogP contribution is 2.19. The van der Waals surface area contributed by atoms with E-state index in [4.69, 9.17) is 4.74 Å². The maximum Gasteiger partial charge on any atom is 0.251 e. The summed E-state index contributed by atoms with van der Waals surface area (Å²) in [6.07, 6.45) is 0. The predicted molar refractivity (Wildman–Crippen MR) is 96.2 cm³/mol. The van der Waals surface area contributed by atoms with Crippen molar-refractivity contribution in [3.8, 4) is 5.75 Å². The number of ether oxygens (including phenoxy) is 1. The summed E-state index contributed by atoms with van der Waals surface area (Å²) in [5, 5.41) is 2.87. The van der Waals surface area contributed by atoms with Gasteiger partial charge in [0.2, 0.25) is 10.0 Å². The molecule has 0 bridgehead atoms. The Hall–Kier alpha value is -2.38. The maximum atomic E-state index is 12.5. The Morgan fingerprint density at radius 2 is 1.76 bits per heavy atom. The second kappa shape index (κ2) is 7.67. The molecule has 6 nitrogen and oxygen atoms in total. The van der Waals surface area contributed by atoms with E-state index in [9.17, 15) is 13.2 Å². The summed E-state index contributed by atoms with van der Waals surface area (Å²) in [6, 6.07) is 13.2. The van der Waals surface area contributed by atoms with Gasteiger partial charge in [0.05, 0.1) is 18.0 Å². The molecule has 2 aromatic rings. The minimum Gasteiger partial charge on any atom is -0.497 e. The summed E-state index contributed by atoms with van der Waals surface area (Å²) < 4.78 is 30.6. The van der Waals surface area contributed by atoms with Crippen molar-refractivity contribution in [3.05, 3.63) is 59.7 Å². The molecule has 7 heteroatoms. The number of sulfonamides is 1. The standard InChI is InChI=1S/C18H22N2O4S/c1-13(14-8-10-16(24-4)11-9-14)19-18(21)15-6-5-7-17(12-15)25(22,23)20(2)3/h5-13H,1-4H3,(H,19,21)/t13-/m1/s1. The van der Waals surface area contributed by atoms with Crippen LogP contribution in [0.1, 0.15) is 28.9 Å². The van der Waals surface area contributed by atoms with Crippen molar-refractivity contribution in [2.75, 3.05) is 21.2 Å². The maximum absolute atomic E-state index is 12.5. The van der Waals surface area contributed by atoms with Crippen molar-refractivity contribution in [2.45, 2.75) is 17.9 Å². The normalized spacial score (nSPS) is 12.7. The number of benzene rings is 2. The molecule has 0 saturated carbocycles. The summed E-state index contributed by atoms with van der Waals surface area (Å²) in [5.41, 5.74) is 1.22. The number of carbonyl (C=O) groups is 1. The molecular formula is C18H22N2O4S. The summed E-state index contributed by atoms with van der Waals surface area (Å²) in [5.74, 6) is 0.406. The smallest absolute Gasteiger partial charge is 0.251 e. The van der Waals surface area contributed by atoms with Crippen molar-refractivity contribution in [2.24, 2.45) is 0 Å². The van der Waals surface area contributed by atoms with E-state index in [-0.39, 0.29) is 16.8 Å². The van der Waals surface area contributed by atoms with E-state index >= 15 is 0 Å². The highest BCUT2D eigenvalue weighted by atomic mass is 32.2. The number of hydrogen-bond donors (Lipinski definition) is 1. The first-order valence-corrected chi connectivity index (χ1v) is 9.17. The van der Waals surface area contributed by atoms with Crippen LogP contribution in [-0.2, 0) is 10.0 Å². The molecule has 0 aliphatic rings. The lowest BCUT2D eigenvalue weighted by Crippen LogP contribution is -2.27. The largest absolute Gasteiger partial charge is 0.497 e. The Balaban J connectivity index is 2.17. The molecule has 1 N–H and O–H groups in total. The number of rotatable bonds is 6. The third kappa shape index (κ3) is 4.37. The van der Waals surface area contributed by atoms with E-state index in [2.05, 4.69) is 5.32 Å². The Bertz CT molecular complexity index is 846. The molecule has 2 rings (SSSR count). The van der Waals surface area contributed by atoms with Crippen LogP contribution < -0.4 is 10.1 Å². The predicted octanol–water partition coefficient (Wildman–Crippen LogP) is 2.44. The molecule has 0 aliphatic carbocycles. The van der Waals surface area contributed by atoms with E-state index in [0.717, 1.165) is 15.6 Å². The third-order valence-corrected chi connectivity index (χ3v) is 5.65. The van der Waals surface area contributed by atoms with Gasteiger partial charge in [-0.05, 0) is 42.8 Å². The molecule has 2 aromatic carbocycles. The molecule has 1 amide bonds. The van der Waals surface area contributed by atoms with Crippen LogP contribution in [0.5, 0.6) is 5.75 Å². The summed E-state index contributed by atoms with van der Waals surface area (Å²) in [6.45, 7) is 1.86. The molecule has 0 saturated heterocycles. The first-order valence-electron chi connectivity index (χ1n) is 7.73. The molecule has 1 atom stereocenters. The van der Waals surface area contributed by atoms with Gasteiger partial charge in [-0.25, -0.2) is 12.7 Å². The minimum absolute atomic E-state index is 0.0854. The van der Waals surface area contributed by atoms with Crippen molar-refractivity contribution < 1.29 is 17.9 Å².